The van der Waals surface area contributed by atoms with Gasteiger partial charge in [0.25, 0.3) is 11.8 Å². The van der Waals surface area contributed by atoms with Crippen LogP contribution < -0.4 is 10.6 Å². The lowest BCUT2D eigenvalue weighted by molar-refractivity contribution is -0.172. The SMILES string of the molecule is C#CCCC[C@H]1CC(=O)O[C@@H](C(C)C)C(=O)N2CCC[C@@H]2C(=O)N(C)[C@@H](C(C)C)C(=O)O[C@@H](C(C)C)C(=O)N(C)[C@H](C(C)C)C(=O)N[C@H](CC(C)C)C(=O)N1. The summed E-state index contributed by atoms with van der Waals surface area (Å²) in [7, 11) is 2.94. The van der Waals surface area contributed by atoms with Gasteiger partial charge < -0.3 is 34.8 Å². The molecule has 55 heavy (non-hydrogen) atoms. The second-order valence-corrected chi connectivity index (χ2v) is 16.9. The van der Waals surface area contributed by atoms with Gasteiger partial charge in [-0.15, -0.1) is 12.3 Å². The highest BCUT2D eigenvalue weighted by Gasteiger charge is 2.45. The molecule has 2 heterocycles. The van der Waals surface area contributed by atoms with Crippen molar-refractivity contribution >= 4 is 41.5 Å². The number of amides is 5. The number of hydrogen-bond acceptors (Lipinski definition) is 9. The lowest BCUT2D eigenvalue weighted by Gasteiger charge is -2.37. The molecule has 2 rings (SSSR count). The number of carbonyl (C=O) groups is 7. The van der Waals surface area contributed by atoms with Crippen molar-refractivity contribution in [1.29, 1.82) is 0 Å². The molecule has 0 aliphatic carbocycles. The van der Waals surface area contributed by atoms with Gasteiger partial charge in [-0.3, -0.25) is 28.8 Å². The molecule has 5 amide bonds. The number of terminal acetylenes is 1. The third-order valence-corrected chi connectivity index (χ3v) is 10.3. The highest BCUT2D eigenvalue weighted by molar-refractivity contribution is 5.95. The van der Waals surface area contributed by atoms with E-state index in [-0.39, 0.29) is 25.3 Å². The number of nitrogens with zero attached hydrogens (tertiary/aromatic N) is 3. The second kappa shape index (κ2) is 21.2. The highest BCUT2D eigenvalue weighted by Crippen LogP contribution is 2.26. The number of esters is 2. The van der Waals surface area contributed by atoms with Gasteiger partial charge in [0.2, 0.25) is 17.7 Å². The summed E-state index contributed by atoms with van der Waals surface area (Å²) in [6.07, 6.45) is 5.08. The lowest BCUT2D eigenvalue weighted by atomic mass is 9.97. The number of cyclic esters (lactones) is 2. The van der Waals surface area contributed by atoms with E-state index in [1.54, 1.807) is 55.4 Å². The fourth-order valence-corrected chi connectivity index (χ4v) is 7.43. The van der Waals surface area contributed by atoms with E-state index in [4.69, 9.17) is 15.9 Å². The second-order valence-electron chi connectivity index (χ2n) is 16.9. The van der Waals surface area contributed by atoms with Crippen LogP contribution in [0.5, 0.6) is 0 Å². The highest BCUT2D eigenvalue weighted by atomic mass is 16.6. The first-order valence-electron chi connectivity index (χ1n) is 19.9. The molecule has 2 saturated heterocycles. The van der Waals surface area contributed by atoms with E-state index in [2.05, 4.69) is 16.6 Å². The first-order chi connectivity index (χ1) is 25.6. The number of unbranched alkanes of at least 4 members (excludes halogenated alkanes) is 1. The van der Waals surface area contributed by atoms with Crippen LogP contribution in [0, 0.1) is 41.9 Å². The van der Waals surface area contributed by atoms with Gasteiger partial charge in [0, 0.05) is 33.1 Å². The van der Waals surface area contributed by atoms with Crippen molar-refractivity contribution < 1.29 is 43.0 Å². The quantitative estimate of drug-likeness (QED) is 0.203. The summed E-state index contributed by atoms with van der Waals surface area (Å²) in [4.78, 5) is 102. The van der Waals surface area contributed by atoms with Crippen LogP contribution in [0.3, 0.4) is 0 Å². The molecule has 0 unspecified atom stereocenters. The number of rotatable bonds is 9. The number of likely N-dealkylation sites (N-methyl/N-ethyl adjacent to an activating group) is 2. The van der Waals surface area contributed by atoms with E-state index >= 15 is 0 Å². The summed E-state index contributed by atoms with van der Waals surface area (Å²) in [6, 6.07) is -4.81. The van der Waals surface area contributed by atoms with Crippen molar-refractivity contribution in [2.75, 3.05) is 20.6 Å². The molecule has 310 valence electrons. The Kier molecular flexibility index (Phi) is 18.1. The van der Waals surface area contributed by atoms with Crippen LogP contribution >= 0.6 is 0 Å². The zero-order valence-electron chi connectivity index (χ0n) is 35.2. The minimum atomic E-state index is -1.29. The number of nitrogens with one attached hydrogen (secondary N) is 2. The number of fused-ring (bicyclic) bond motifs is 1. The minimum Gasteiger partial charge on any atom is -0.452 e. The predicted molar refractivity (Wildman–Crippen MR) is 208 cm³/mol. The van der Waals surface area contributed by atoms with Gasteiger partial charge in [0.15, 0.2) is 12.2 Å². The average molecular weight is 774 g/mol. The summed E-state index contributed by atoms with van der Waals surface area (Å²) < 4.78 is 11.8. The molecule has 0 aromatic rings. The Bertz CT molecular complexity index is 1420. The minimum absolute atomic E-state index is 0.0211. The normalized spacial score (nSPS) is 27.5. The first-order valence-corrected chi connectivity index (χ1v) is 19.9. The molecule has 0 radical (unpaired) electrons. The zero-order chi connectivity index (χ0) is 41.9. The van der Waals surface area contributed by atoms with Crippen molar-refractivity contribution in [2.45, 2.75) is 157 Å². The Morgan fingerprint density at radius 3 is 1.82 bits per heavy atom. The van der Waals surface area contributed by atoms with Gasteiger partial charge in [-0.25, -0.2) is 4.79 Å². The molecule has 2 fully saturated rings. The van der Waals surface area contributed by atoms with Gasteiger partial charge in [-0.05, 0) is 61.7 Å². The summed E-state index contributed by atoms with van der Waals surface area (Å²) in [5.74, 6) is -3.48. The van der Waals surface area contributed by atoms with Crippen LogP contribution in [0.25, 0.3) is 0 Å². The third-order valence-electron chi connectivity index (χ3n) is 10.3. The Morgan fingerprint density at radius 1 is 0.727 bits per heavy atom. The lowest BCUT2D eigenvalue weighted by Crippen LogP contribution is -2.59. The van der Waals surface area contributed by atoms with Gasteiger partial charge >= 0.3 is 11.9 Å². The maximum absolute atomic E-state index is 14.2. The molecule has 0 aromatic carbocycles. The molecule has 7 atom stereocenters. The van der Waals surface area contributed by atoms with E-state index in [0.29, 0.717) is 32.1 Å². The van der Waals surface area contributed by atoms with Gasteiger partial charge in [0.05, 0.1) is 6.42 Å². The standard InChI is InChI=1S/C41H67N5O9/c1-14-15-16-18-28-22-31(47)54-35(27(10)11)40(52)46-20-17-19-30(46)38(50)45(13)33(25(6)7)41(53)55-34(26(8)9)39(51)44(12)32(24(4)5)37(49)43-29(21-23(2)3)36(48)42-28/h1,23-30,32-35H,15-22H2,2-13H3,(H,42,48)(H,43,49)/t28-,29+,30+,32+,33-,34-,35-/m0/s1. The van der Waals surface area contributed by atoms with Crippen molar-refractivity contribution in [3.8, 4) is 12.3 Å². The molecular formula is C41H67N5O9. The molecule has 2 N–H and O–H groups in total. The molecule has 0 bridgehead atoms. The molecule has 14 nitrogen and oxygen atoms in total. The summed E-state index contributed by atoms with van der Waals surface area (Å²) in [5, 5.41) is 5.78. The Morgan fingerprint density at radius 2 is 1.29 bits per heavy atom. The van der Waals surface area contributed by atoms with Crippen molar-refractivity contribution in [1.82, 2.24) is 25.3 Å². The summed E-state index contributed by atoms with van der Waals surface area (Å²) in [5.41, 5.74) is 0. The molecular weight excluding hydrogens is 706 g/mol. The fourth-order valence-electron chi connectivity index (χ4n) is 7.43. The van der Waals surface area contributed by atoms with Crippen molar-refractivity contribution in [3.05, 3.63) is 0 Å². The van der Waals surface area contributed by atoms with Crippen LogP contribution in [0.4, 0.5) is 0 Å². The summed E-state index contributed by atoms with van der Waals surface area (Å²) in [6.45, 7) is 18.0. The number of carbonyl (C=O) groups excluding carboxylic acids is 7. The molecule has 2 aliphatic heterocycles. The maximum atomic E-state index is 14.2. The smallest absolute Gasteiger partial charge is 0.329 e. The maximum Gasteiger partial charge on any atom is 0.329 e. The molecule has 0 spiro atoms. The van der Waals surface area contributed by atoms with Crippen LogP contribution in [-0.4, -0.2) is 119 Å². The zero-order valence-corrected chi connectivity index (χ0v) is 35.2. The van der Waals surface area contributed by atoms with Crippen molar-refractivity contribution in [2.24, 2.45) is 29.6 Å². The van der Waals surface area contributed by atoms with E-state index in [9.17, 15) is 33.6 Å². The van der Waals surface area contributed by atoms with E-state index in [1.165, 1.54) is 28.8 Å². The third kappa shape index (κ3) is 12.7. The average Bonchev–Trinajstić information content (AvgIpc) is 3.57. The molecule has 2 aliphatic rings. The fraction of sp³-hybridized carbons (Fsp3) is 0.780. The monoisotopic (exact) mass is 773 g/mol. The van der Waals surface area contributed by atoms with Crippen LogP contribution in [0.15, 0.2) is 0 Å². The van der Waals surface area contributed by atoms with Gasteiger partial charge in [-0.1, -0.05) is 69.2 Å². The number of hydrogen-bond donors (Lipinski definition) is 2. The van der Waals surface area contributed by atoms with Crippen LogP contribution in [0.1, 0.15) is 114 Å². The van der Waals surface area contributed by atoms with Gasteiger partial charge in [0.1, 0.15) is 24.2 Å². The van der Waals surface area contributed by atoms with Crippen LogP contribution in [0.2, 0.25) is 0 Å². The van der Waals surface area contributed by atoms with Crippen molar-refractivity contribution in [3.63, 3.8) is 0 Å². The van der Waals surface area contributed by atoms with Gasteiger partial charge in [-0.2, -0.15) is 0 Å². The van der Waals surface area contributed by atoms with E-state index in [0.717, 1.165) is 0 Å². The number of ether oxygens (including phenoxy) is 2. The largest absolute Gasteiger partial charge is 0.452 e. The Balaban J connectivity index is 2.72. The predicted octanol–water partition coefficient (Wildman–Crippen LogP) is 3.30. The first kappa shape index (κ1) is 47.0. The van der Waals surface area contributed by atoms with E-state index in [1.807, 2.05) is 13.8 Å². The molecule has 0 saturated carbocycles. The Labute approximate surface area is 328 Å². The topological polar surface area (TPSA) is 172 Å². The van der Waals surface area contributed by atoms with Crippen LogP contribution in [-0.2, 0) is 43.0 Å². The Hall–Kier alpha value is -4.15. The van der Waals surface area contributed by atoms with E-state index < -0.39 is 108 Å². The summed E-state index contributed by atoms with van der Waals surface area (Å²) >= 11 is 0. The molecule has 14 heteroatoms. The molecule has 0 aromatic heterocycles.